The van der Waals surface area contributed by atoms with Gasteiger partial charge in [-0.25, -0.2) is 13.1 Å². The number of rotatable bonds is 7. The molecule has 3 heterocycles. The molecule has 1 aromatic heterocycles. The largest absolute Gasteiger partial charge is 0.497 e. The summed E-state index contributed by atoms with van der Waals surface area (Å²) in [6.45, 7) is 1.48. The summed E-state index contributed by atoms with van der Waals surface area (Å²) in [6, 6.07) is 6.85. The van der Waals surface area contributed by atoms with Crippen LogP contribution in [0.15, 0.2) is 24.3 Å². The van der Waals surface area contributed by atoms with Crippen LogP contribution in [0.3, 0.4) is 0 Å². The molecule has 2 aromatic rings. The highest BCUT2D eigenvalue weighted by Gasteiger charge is 2.34. The molecule has 2 N–H and O–H groups in total. The molecule has 0 saturated carbocycles. The minimum absolute atomic E-state index is 0.106. The fourth-order valence-corrected chi connectivity index (χ4v) is 5.43. The maximum atomic E-state index is 12.6. The molecular weight excluding hydrogens is 450 g/mol. The van der Waals surface area contributed by atoms with Gasteiger partial charge in [-0.2, -0.15) is 5.10 Å². The SMILES string of the molecule is COc1ccc(-n2nc3c(c2NC(=O)C(=O)NCCCN2CCCC2=O)CS(=O)(=O)C3)cc1. The van der Waals surface area contributed by atoms with Crippen molar-refractivity contribution in [3.8, 4) is 11.4 Å². The first kappa shape index (κ1) is 22.8. The summed E-state index contributed by atoms with van der Waals surface area (Å²) in [5, 5.41) is 9.44. The lowest BCUT2D eigenvalue weighted by atomic mass is 10.2. The number of likely N-dealkylation sites (tertiary alicyclic amines) is 1. The molecule has 3 amide bonds. The van der Waals surface area contributed by atoms with Gasteiger partial charge in [0.25, 0.3) is 0 Å². The van der Waals surface area contributed by atoms with E-state index >= 15 is 0 Å². The average Bonchev–Trinajstić information content (AvgIpc) is 3.43. The van der Waals surface area contributed by atoms with Gasteiger partial charge in [0.2, 0.25) is 5.91 Å². The third kappa shape index (κ3) is 5.00. The van der Waals surface area contributed by atoms with Crippen molar-refractivity contribution in [3.63, 3.8) is 0 Å². The van der Waals surface area contributed by atoms with Gasteiger partial charge in [0.05, 0.1) is 30.0 Å². The number of anilines is 1. The smallest absolute Gasteiger partial charge is 0.314 e. The van der Waals surface area contributed by atoms with Gasteiger partial charge in [-0.15, -0.1) is 0 Å². The third-order valence-corrected chi connectivity index (χ3v) is 7.05. The Kier molecular flexibility index (Phi) is 6.36. The fraction of sp³-hybridized carbons (Fsp3) is 0.429. The normalized spacial score (nSPS) is 16.5. The van der Waals surface area contributed by atoms with Gasteiger partial charge in [-0.1, -0.05) is 0 Å². The topological polar surface area (TPSA) is 140 Å². The molecule has 0 radical (unpaired) electrons. The minimum Gasteiger partial charge on any atom is -0.497 e. The molecule has 33 heavy (non-hydrogen) atoms. The van der Waals surface area contributed by atoms with Crippen LogP contribution in [0.2, 0.25) is 0 Å². The third-order valence-electron chi connectivity index (χ3n) is 5.60. The number of hydrogen-bond donors (Lipinski definition) is 2. The van der Waals surface area contributed by atoms with Gasteiger partial charge in [-0.05, 0) is 37.1 Å². The van der Waals surface area contributed by atoms with Crippen LogP contribution in [0.5, 0.6) is 5.75 Å². The van der Waals surface area contributed by atoms with Gasteiger partial charge in [-0.3, -0.25) is 14.4 Å². The second-order valence-electron chi connectivity index (χ2n) is 7.96. The van der Waals surface area contributed by atoms with Gasteiger partial charge >= 0.3 is 11.8 Å². The van der Waals surface area contributed by atoms with E-state index in [0.717, 1.165) is 13.0 Å². The zero-order valence-electron chi connectivity index (χ0n) is 18.2. The molecule has 12 heteroatoms. The van der Waals surface area contributed by atoms with Crippen molar-refractivity contribution < 1.29 is 27.5 Å². The van der Waals surface area contributed by atoms with E-state index in [0.29, 0.717) is 42.1 Å². The fourth-order valence-electron chi connectivity index (χ4n) is 3.94. The van der Waals surface area contributed by atoms with E-state index in [9.17, 15) is 22.8 Å². The minimum atomic E-state index is -3.36. The van der Waals surface area contributed by atoms with Crippen molar-refractivity contribution in [1.29, 1.82) is 0 Å². The van der Waals surface area contributed by atoms with E-state index in [1.165, 1.54) is 11.8 Å². The zero-order valence-corrected chi connectivity index (χ0v) is 19.0. The number of amides is 3. The Morgan fingerprint density at radius 3 is 2.58 bits per heavy atom. The second-order valence-corrected chi connectivity index (χ2v) is 10.0. The van der Waals surface area contributed by atoms with Crippen LogP contribution in [-0.2, 0) is 35.7 Å². The number of ether oxygens (including phenoxy) is 1. The second kappa shape index (κ2) is 9.22. The van der Waals surface area contributed by atoms with E-state index in [2.05, 4.69) is 15.7 Å². The first-order valence-corrected chi connectivity index (χ1v) is 12.4. The van der Waals surface area contributed by atoms with Crippen LogP contribution in [0.25, 0.3) is 5.69 Å². The molecule has 0 unspecified atom stereocenters. The van der Waals surface area contributed by atoms with Crippen LogP contribution in [0, 0.1) is 0 Å². The number of fused-ring (bicyclic) bond motifs is 1. The number of carbonyl (C=O) groups is 3. The summed E-state index contributed by atoms with van der Waals surface area (Å²) < 4.78 is 30.7. The molecule has 11 nitrogen and oxygen atoms in total. The first-order valence-electron chi connectivity index (χ1n) is 10.6. The van der Waals surface area contributed by atoms with E-state index < -0.39 is 21.7 Å². The number of carbonyl (C=O) groups excluding carboxylic acids is 3. The maximum absolute atomic E-state index is 12.6. The highest BCUT2D eigenvalue weighted by molar-refractivity contribution is 7.90. The number of methoxy groups -OCH3 is 1. The summed E-state index contributed by atoms with van der Waals surface area (Å²) in [4.78, 5) is 38.2. The van der Waals surface area contributed by atoms with E-state index in [4.69, 9.17) is 4.74 Å². The molecule has 1 fully saturated rings. The Hall–Kier alpha value is -3.41. The van der Waals surface area contributed by atoms with Crippen LogP contribution >= 0.6 is 0 Å². The number of nitrogens with one attached hydrogen (secondary N) is 2. The molecule has 1 saturated heterocycles. The lowest BCUT2D eigenvalue weighted by Gasteiger charge is -2.15. The molecule has 0 aliphatic carbocycles. The number of aromatic nitrogens is 2. The van der Waals surface area contributed by atoms with Crippen LogP contribution in [0.4, 0.5) is 5.82 Å². The van der Waals surface area contributed by atoms with Crippen molar-refractivity contribution in [2.45, 2.75) is 30.8 Å². The van der Waals surface area contributed by atoms with E-state index in [1.54, 1.807) is 29.2 Å². The quantitative estimate of drug-likeness (QED) is 0.436. The number of nitrogens with zero attached hydrogens (tertiary/aromatic N) is 3. The Labute approximate surface area is 191 Å². The molecule has 0 spiro atoms. The number of hydrogen-bond acceptors (Lipinski definition) is 7. The van der Waals surface area contributed by atoms with Crippen LogP contribution < -0.4 is 15.4 Å². The summed E-state index contributed by atoms with van der Waals surface area (Å²) in [6.07, 6.45) is 1.92. The standard InChI is InChI=1S/C21H25N5O6S/c1-32-15-7-5-14(6-8-15)26-19(16-12-33(30,31)13-17(16)24-26)23-21(29)20(28)22-9-3-11-25-10-2-4-18(25)27/h5-8H,2-4,9-13H2,1H3,(H,22,28)(H,23,29). The number of benzene rings is 1. The van der Waals surface area contributed by atoms with Gasteiger partial charge in [0, 0.05) is 31.6 Å². The molecule has 2 aliphatic heterocycles. The lowest BCUT2D eigenvalue weighted by molar-refractivity contribution is -0.136. The van der Waals surface area contributed by atoms with Crippen molar-refractivity contribution in [3.05, 3.63) is 35.5 Å². The summed E-state index contributed by atoms with van der Waals surface area (Å²) in [7, 11) is -1.82. The highest BCUT2D eigenvalue weighted by Crippen LogP contribution is 2.33. The molecule has 2 aliphatic rings. The molecule has 1 aromatic carbocycles. The molecule has 176 valence electrons. The summed E-state index contributed by atoms with van der Waals surface area (Å²) >= 11 is 0. The van der Waals surface area contributed by atoms with E-state index in [-0.39, 0.29) is 29.8 Å². The Morgan fingerprint density at radius 1 is 1.15 bits per heavy atom. The highest BCUT2D eigenvalue weighted by atomic mass is 32.2. The Morgan fingerprint density at radius 2 is 1.91 bits per heavy atom. The summed E-state index contributed by atoms with van der Waals surface area (Å²) in [5.41, 5.74) is 1.30. The van der Waals surface area contributed by atoms with Gasteiger partial charge in [0.1, 0.15) is 11.6 Å². The molecule has 4 rings (SSSR count). The predicted octanol–water partition coefficient (Wildman–Crippen LogP) is 0.377. The maximum Gasteiger partial charge on any atom is 0.314 e. The van der Waals surface area contributed by atoms with Crippen LogP contribution in [-0.4, -0.2) is 67.6 Å². The van der Waals surface area contributed by atoms with Crippen LogP contribution in [0.1, 0.15) is 30.5 Å². The number of sulfone groups is 1. The zero-order chi connectivity index (χ0) is 23.6. The average molecular weight is 476 g/mol. The van der Waals surface area contributed by atoms with Crippen molar-refractivity contribution in [2.75, 3.05) is 32.1 Å². The first-order chi connectivity index (χ1) is 15.8. The van der Waals surface area contributed by atoms with Crippen molar-refractivity contribution >= 4 is 33.4 Å². The monoisotopic (exact) mass is 475 g/mol. The van der Waals surface area contributed by atoms with Gasteiger partial charge < -0.3 is 20.3 Å². The molecular formula is C21H25N5O6S. The molecule has 0 bridgehead atoms. The van der Waals surface area contributed by atoms with Crippen molar-refractivity contribution in [2.24, 2.45) is 0 Å². The molecule has 0 atom stereocenters. The van der Waals surface area contributed by atoms with Gasteiger partial charge in [0.15, 0.2) is 9.84 Å². The lowest BCUT2D eigenvalue weighted by Crippen LogP contribution is -2.37. The Bertz CT molecular complexity index is 1190. The predicted molar refractivity (Wildman–Crippen MR) is 119 cm³/mol. The summed E-state index contributed by atoms with van der Waals surface area (Å²) in [5.74, 6) is -1.38. The van der Waals surface area contributed by atoms with Crippen molar-refractivity contribution in [1.82, 2.24) is 20.0 Å². The Balaban J connectivity index is 1.45. The van der Waals surface area contributed by atoms with E-state index in [1.807, 2.05) is 0 Å².